The van der Waals surface area contributed by atoms with Crippen LogP contribution in [0.2, 0.25) is 0 Å². The Bertz CT molecular complexity index is 174. The molecule has 1 rings (SSSR count). The SMILES string of the molecule is CC(NC(=O)[C@@H](C)N)C1CCCC1. The van der Waals surface area contributed by atoms with Crippen LogP contribution in [0.15, 0.2) is 0 Å². The summed E-state index contributed by atoms with van der Waals surface area (Å²) < 4.78 is 0. The predicted molar refractivity (Wildman–Crippen MR) is 53.2 cm³/mol. The average molecular weight is 184 g/mol. The largest absolute Gasteiger partial charge is 0.352 e. The van der Waals surface area contributed by atoms with E-state index in [4.69, 9.17) is 5.73 Å². The van der Waals surface area contributed by atoms with Gasteiger partial charge in [0.1, 0.15) is 0 Å². The van der Waals surface area contributed by atoms with E-state index in [1.165, 1.54) is 25.7 Å². The van der Waals surface area contributed by atoms with Gasteiger partial charge in [-0.3, -0.25) is 4.79 Å². The van der Waals surface area contributed by atoms with Crippen molar-refractivity contribution in [3.05, 3.63) is 0 Å². The summed E-state index contributed by atoms with van der Waals surface area (Å²) in [4.78, 5) is 11.3. The van der Waals surface area contributed by atoms with Crippen LogP contribution in [0.4, 0.5) is 0 Å². The summed E-state index contributed by atoms with van der Waals surface area (Å²) in [5.41, 5.74) is 5.47. The number of nitrogens with two attached hydrogens (primary N) is 1. The van der Waals surface area contributed by atoms with Gasteiger partial charge in [0.15, 0.2) is 0 Å². The normalized spacial score (nSPS) is 22.7. The van der Waals surface area contributed by atoms with E-state index < -0.39 is 0 Å². The molecule has 1 aliphatic carbocycles. The molecule has 0 aromatic carbocycles. The zero-order valence-electron chi connectivity index (χ0n) is 8.55. The van der Waals surface area contributed by atoms with E-state index in [-0.39, 0.29) is 11.9 Å². The van der Waals surface area contributed by atoms with Gasteiger partial charge in [-0.25, -0.2) is 0 Å². The number of carbonyl (C=O) groups excluding carboxylic acids is 1. The minimum absolute atomic E-state index is 0.0283. The highest BCUT2D eigenvalue weighted by Gasteiger charge is 2.23. The highest BCUT2D eigenvalue weighted by atomic mass is 16.2. The van der Waals surface area contributed by atoms with Crippen LogP contribution in [0.1, 0.15) is 39.5 Å². The van der Waals surface area contributed by atoms with Crippen molar-refractivity contribution in [3.63, 3.8) is 0 Å². The quantitative estimate of drug-likeness (QED) is 0.688. The van der Waals surface area contributed by atoms with E-state index in [2.05, 4.69) is 12.2 Å². The van der Waals surface area contributed by atoms with Crippen molar-refractivity contribution in [2.45, 2.75) is 51.6 Å². The van der Waals surface area contributed by atoms with Crippen LogP contribution in [-0.2, 0) is 4.79 Å². The van der Waals surface area contributed by atoms with Crippen LogP contribution in [0, 0.1) is 5.92 Å². The van der Waals surface area contributed by atoms with E-state index in [0.717, 1.165) is 0 Å². The van der Waals surface area contributed by atoms with Gasteiger partial charge >= 0.3 is 0 Å². The molecule has 3 N–H and O–H groups in total. The lowest BCUT2D eigenvalue weighted by Gasteiger charge is -2.21. The van der Waals surface area contributed by atoms with E-state index in [1.807, 2.05) is 0 Å². The molecule has 1 amide bonds. The van der Waals surface area contributed by atoms with Gasteiger partial charge in [-0.2, -0.15) is 0 Å². The van der Waals surface area contributed by atoms with Crippen molar-refractivity contribution in [2.75, 3.05) is 0 Å². The summed E-state index contributed by atoms with van der Waals surface area (Å²) in [7, 11) is 0. The second-order valence-electron chi connectivity index (χ2n) is 4.13. The van der Waals surface area contributed by atoms with E-state index in [1.54, 1.807) is 6.92 Å². The second kappa shape index (κ2) is 4.61. The first kappa shape index (κ1) is 10.5. The van der Waals surface area contributed by atoms with Crippen molar-refractivity contribution in [2.24, 2.45) is 11.7 Å². The van der Waals surface area contributed by atoms with Crippen molar-refractivity contribution in [1.29, 1.82) is 0 Å². The Hall–Kier alpha value is -0.570. The summed E-state index contributed by atoms with van der Waals surface area (Å²) >= 11 is 0. The third kappa shape index (κ3) is 2.99. The molecule has 0 bridgehead atoms. The molecule has 0 radical (unpaired) electrons. The molecule has 0 aromatic heterocycles. The Morgan fingerprint density at radius 3 is 2.38 bits per heavy atom. The lowest BCUT2D eigenvalue weighted by molar-refractivity contribution is -0.122. The van der Waals surface area contributed by atoms with Gasteiger partial charge in [-0.1, -0.05) is 12.8 Å². The van der Waals surface area contributed by atoms with Crippen LogP contribution >= 0.6 is 0 Å². The van der Waals surface area contributed by atoms with Gasteiger partial charge in [0.25, 0.3) is 0 Å². The molecule has 3 nitrogen and oxygen atoms in total. The Kier molecular flexibility index (Phi) is 3.72. The van der Waals surface area contributed by atoms with Crippen molar-refractivity contribution in [3.8, 4) is 0 Å². The molecule has 0 spiro atoms. The molecule has 3 heteroatoms. The van der Waals surface area contributed by atoms with Crippen LogP contribution in [-0.4, -0.2) is 18.0 Å². The molecule has 1 saturated carbocycles. The van der Waals surface area contributed by atoms with Crippen LogP contribution < -0.4 is 11.1 Å². The molecule has 0 aliphatic heterocycles. The summed E-state index contributed by atoms with van der Waals surface area (Å²) in [6.07, 6.45) is 5.12. The monoisotopic (exact) mass is 184 g/mol. The van der Waals surface area contributed by atoms with Crippen LogP contribution in [0.25, 0.3) is 0 Å². The predicted octanol–water partition coefficient (Wildman–Crippen LogP) is 1.03. The first-order valence-corrected chi connectivity index (χ1v) is 5.17. The summed E-state index contributed by atoms with van der Waals surface area (Å²) in [5, 5.41) is 2.96. The highest BCUT2D eigenvalue weighted by Crippen LogP contribution is 2.27. The summed E-state index contributed by atoms with van der Waals surface area (Å²) in [6, 6.07) is -0.0927. The first-order chi connectivity index (χ1) is 6.11. The Morgan fingerprint density at radius 1 is 1.38 bits per heavy atom. The smallest absolute Gasteiger partial charge is 0.236 e. The fourth-order valence-corrected chi connectivity index (χ4v) is 1.93. The van der Waals surface area contributed by atoms with Gasteiger partial charge in [-0.05, 0) is 32.6 Å². The van der Waals surface area contributed by atoms with Crippen LogP contribution in [0.5, 0.6) is 0 Å². The second-order valence-corrected chi connectivity index (χ2v) is 4.13. The number of rotatable bonds is 3. The maximum absolute atomic E-state index is 11.3. The molecule has 1 aliphatic rings. The number of hydrogen-bond donors (Lipinski definition) is 2. The van der Waals surface area contributed by atoms with E-state index in [9.17, 15) is 4.79 Å². The van der Waals surface area contributed by atoms with Gasteiger partial charge in [0, 0.05) is 6.04 Å². The van der Waals surface area contributed by atoms with Gasteiger partial charge < -0.3 is 11.1 Å². The zero-order valence-corrected chi connectivity index (χ0v) is 8.55. The molecule has 2 atom stereocenters. The fraction of sp³-hybridized carbons (Fsp3) is 0.900. The number of nitrogens with one attached hydrogen (secondary N) is 1. The molecule has 0 aromatic rings. The van der Waals surface area contributed by atoms with Gasteiger partial charge in [0.2, 0.25) is 5.91 Å². The van der Waals surface area contributed by atoms with E-state index >= 15 is 0 Å². The maximum atomic E-state index is 11.3. The third-order valence-corrected chi connectivity index (χ3v) is 2.89. The first-order valence-electron chi connectivity index (χ1n) is 5.17. The highest BCUT2D eigenvalue weighted by molar-refractivity contribution is 5.81. The zero-order chi connectivity index (χ0) is 9.84. The van der Waals surface area contributed by atoms with Crippen molar-refractivity contribution in [1.82, 2.24) is 5.32 Å². The Labute approximate surface area is 80.1 Å². The number of hydrogen-bond acceptors (Lipinski definition) is 2. The molecular formula is C10H20N2O. The maximum Gasteiger partial charge on any atom is 0.236 e. The third-order valence-electron chi connectivity index (χ3n) is 2.89. The molecule has 1 fully saturated rings. The minimum Gasteiger partial charge on any atom is -0.352 e. The molecule has 0 saturated heterocycles. The Morgan fingerprint density at radius 2 is 1.92 bits per heavy atom. The lowest BCUT2D eigenvalue weighted by Crippen LogP contribution is -2.45. The molecule has 1 unspecified atom stereocenters. The minimum atomic E-state index is -0.385. The van der Waals surface area contributed by atoms with Gasteiger partial charge in [-0.15, -0.1) is 0 Å². The topological polar surface area (TPSA) is 55.1 Å². The average Bonchev–Trinajstić information content (AvgIpc) is 2.55. The molecular weight excluding hydrogens is 164 g/mol. The van der Waals surface area contributed by atoms with Crippen molar-refractivity contribution >= 4 is 5.91 Å². The number of amides is 1. The standard InChI is InChI=1S/C10H20N2O/c1-7(11)10(13)12-8(2)9-5-3-4-6-9/h7-9H,3-6,11H2,1-2H3,(H,12,13)/t7-,8?/m1/s1. The van der Waals surface area contributed by atoms with Gasteiger partial charge in [0.05, 0.1) is 6.04 Å². The molecule has 76 valence electrons. The Balaban J connectivity index is 2.31. The number of carbonyl (C=O) groups is 1. The molecule has 13 heavy (non-hydrogen) atoms. The van der Waals surface area contributed by atoms with Crippen molar-refractivity contribution < 1.29 is 4.79 Å². The summed E-state index contributed by atoms with van der Waals surface area (Å²) in [5.74, 6) is 0.641. The fourth-order valence-electron chi connectivity index (χ4n) is 1.93. The summed E-state index contributed by atoms with van der Waals surface area (Å²) in [6.45, 7) is 3.80. The van der Waals surface area contributed by atoms with E-state index in [0.29, 0.717) is 12.0 Å². The van der Waals surface area contributed by atoms with Crippen LogP contribution in [0.3, 0.4) is 0 Å². The lowest BCUT2D eigenvalue weighted by atomic mass is 9.99. The molecule has 0 heterocycles.